The lowest BCUT2D eigenvalue weighted by molar-refractivity contribution is 0.574. The Morgan fingerprint density at radius 3 is 2.16 bits per heavy atom. The van der Waals surface area contributed by atoms with Gasteiger partial charge in [-0.05, 0) is 6.42 Å². The van der Waals surface area contributed by atoms with E-state index in [0.717, 1.165) is 18.6 Å². The second-order valence-electron chi connectivity index (χ2n) is 3.69. The van der Waals surface area contributed by atoms with Crippen LogP contribution in [0.4, 0.5) is 5.95 Å². The van der Waals surface area contributed by atoms with E-state index in [9.17, 15) is 16.8 Å². The first-order chi connectivity index (χ1) is 8.71. The molecule has 1 aromatic heterocycles. The number of nitrogens with zero attached hydrogens (tertiary/aromatic N) is 2. The third-order valence-corrected chi connectivity index (χ3v) is 4.11. The fourth-order valence-electron chi connectivity index (χ4n) is 1.10. The molecule has 4 N–H and O–H groups in total. The predicted octanol–water partition coefficient (Wildman–Crippen LogP) is -1.72. The first-order valence-electron chi connectivity index (χ1n) is 5.22. The standard InChI is InChI=1S/C8H15N5O4S2/c1-18(14,15)12-3-2-4-13-19(16,17)7-5-10-8(9)11-6-7/h5-6,12-13H,2-4H2,1H3,(H2,9,10,11). The molecule has 1 heterocycles. The number of nitrogens with two attached hydrogens (primary N) is 1. The Morgan fingerprint density at radius 2 is 1.63 bits per heavy atom. The van der Waals surface area contributed by atoms with Gasteiger partial charge in [-0.2, -0.15) is 0 Å². The Hall–Kier alpha value is -1.30. The van der Waals surface area contributed by atoms with Gasteiger partial charge in [0.15, 0.2) is 0 Å². The molecule has 0 aromatic carbocycles. The summed E-state index contributed by atoms with van der Waals surface area (Å²) < 4.78 is 49.5. The molecule has 0 radical (unpaired) electrons. The number of sulfonamides is 2. The first kappa shape index (κ1) is 15.8. The molecule has 19 heavy (non-hydrogen) atoms. The zero-order valence-electron chi connectivity index (χ0n) is 10.2. The summed E-state index contributed by atoms with van der Waals surface area (Å²) in [6.45, 7) is 0.245. The van der Waals surface area contributed by atoms with Gasteiger partial charge < -0.3 is 5.73 Å². The fourth-order valence-corrected chi connectivity index (χ4v) is 2.58. The lowest BCUT2D eigenvalue weighted by Gasteiger charge is -2.06. The normalized spacial score (nSPS) is 12.5. The summed E-state index contributed by atoms with van der Waals surface area (Å²) in [5, 5.41) is 0. The van der Waals surface area contributed by atoms with Gasteiger partial charge in [-0.1, -0.05) is 0 Å². The van der Waals surface area contributed by atoms with Crippen molar-refractivity contribution in [2.75, 3.05) is 25.1 Å². The third kappa shape index (κ3) is 5.92. The molecule has 0 aliphatic rings. The van der Waals surface area contributed by atoms with Crippen LogP contribution in [0.2, 0.25) is 0 Å². The largest absolute Gasteiger partial charge is 0.368 e. The Kier molecular flexibility index (Phi) is 5.17. The summed E-state index contributed by atoms with van der Waals surface area (Å²) in [6.07, 6.45) is 3.55. The van der Waals surface area contributed by atoms with Crippen molar-refractivity contribution >= 4 is 26.0 Å². The van der Waals surface area contributed by atoms with Crippen LogP contribution in [0.25, 0.3) is 0 Å². The molecule has 9 nitrogen and oxygen atoms in total. The van der Waals surface area contributed by atoms with Crippen molar-refractivity contribution in [1.82, 2.24) is 19.4 Å². The van der Waals surface area contributed by atoms with Crippen LogP contribution in [0.3, 0.4) is 0 Å². The number of hydrogen-bond donors (Lipinski definition) is 3. The summed E-state index contributed by atoms with van der Waals surface area (Å²) in [5.41, 5.74) is 5.25. The summed E-state index contributed by atoms with van der Waals surface area (Å²) in [4.78, 5) is 7.06. The lowest BCUT2D eigenvalue weighted by atomic mass is 10.4. The molecule has 11 heteroatoms. The molecule has 0 aliphatic heterocycles. The predicted molar refractivity (Wildman–Crippen MR) is 69.1 cm³/mol. The number of nitrogens with one attached hydrogen (secondary N) is 2. The van der Waals surface area contributed by atoms with Crippen molar-refractivity contribution < 1.29 is 16.8 Å². The smallest absolute Gasteiger partial charge is 0.243 e. The van der Waals surface area contributed by atoms with Crippen molar-refractivity contribution in [3.05, 3.63) is 12.4 Å². The van der Waals surface area contributed by atoms with Crippen molar-refractivity contribution in [3.8, 4) is 0 Å². The number of hydrogen-bond acceptors (Lipinski definition) is 7. The van der Waals surface area contributed by atoms with Crippen LogP contribution in [0.1, 0.15) is 6.42 Å². The summed E-state index contributed by atoms with van der Waals surface area (Å²) in [7, 11) is -6.96. The number of aromatic nitrogens is 2. The van der Waals surface area contributed by atoms with Crippen LogP contribution >= 0.6 is 0 Å². The fraction of sp³-hybridized carbons (Fsp3) is 0.500. The average molecular weight is 309 g/mol. The zero-order chi connectivity index (χ0) is 14.5. The Morgan fingerprint density at radius 1 is 1.11 bits per heavy atom. The van der Waals surface area contributed by atoms with Crippen LogP contribution in [-0.4, -0.2) is 46.1 Å². The molecule has 0 saturated heterocycles. The van der Waals surface area contributed by atoms with E-state index in [1.807, 2.05) is 0 Å². The van der Waals surface area contributed by atoms with Gasteiger partial charge in [0.25, 0.3) is 0 Å². The van der Waals surface area contributed by atoms with E-state index in [0.29, 0.717) is 6.42 Å². The molecule has 0 bridgehead atoms. The first-order valence-corrected chi connectivity index (χ1v) is 8.60. The molecule has 108 valence electrons. The second-order valence-corrected chi connectivity index (χ2v) is 7.29. The maximum atomic E-state index is 11.7. The minimum atomic E-state index is -3.70. The number of nitrogen functional groups attached to an aromatic ring is 1. The summed E-state index contributed by atoms with van der Waals surface area (Å²) in [6, 6.07) is 0. The van der Waals surface area contributed by atoms with Gasteiger partial charge in [-0.3, -0.25) is 0 Å². The molecular formula is C8H15N5O4S2. The van der Waals surface area contributed by atoms with Gasteiger partial charge in [0.05, 0.1) is 18.6 Å². The van der Waals surface area contributed by atoms with E-state index in [1.54, 1.807) is 0 Å². The molecule has 0 saturated carbocycles. The quantitative estimate of drug-likeness (QED) is 0.508. The second kappa shape index (κ2) is 6.23. The van der Waals surface area contributed by atoms with Crippen molar-refractivity contribution in [2.45, 2.75) is 11.3 Å². The van der Waals surface area contributed by atoms with Gasteiger partial charge >= 0.3 is 0 Å². The molecule has 0 atom stereocenters. The molecule has 0 fully saturated rings. The van der Waals surface area contributed by atoms with E-state index in [1.165, 1.54) is 0 Å². The zero-order valence-corrected chi connectivity index (χ0v) is 11.8. The SMILES string of the molecule is CS(=O)(=O)NCCCNS(=O)(=O)c1cnc(N)nc1. The van der Waals surface area contributed by atoms with Gasteiger partial charge in [-0.25, -0.2) is 36.2 Å². The van der Waals surface area contributed by atoms with Crippen molar-refractivity contribution in [2.24, 2.45) is 0 Å². The molecule has 1 aromatic rings. The number of anilines is 1. The minimum absolute atomic E-state index is 0.0173. The van der Waals surface area contributed by atoms with Gasteiger partial charge in [0.1, 0.15) is 4.90 Å². The van der Waals surface area contributed by atoms with Gasteiger partial charge in [-0.15, -0.1) is 0 Å². The van der Waals surface area contributed by atoms with Crippen LogP contribution in [0.5, 0.6) is 0 Å². The Bertz CT molecular complexity index is 611. The van der Waals surface area contributed by atoms with Crippen molar-refractivity contribution in [3.63, 3.8) is 0 Å². The van der Waals surface area contributed by atoms with Gasteiger partial charge in [0, 0.05) is 13.1 Å². The Balaban J connectivity index is 2.46. The molecule has 0 spiro atoms. The van der Waals surface area contributed by atoms with E-state index in [-0.39, 0.29) is 23.9 Å². The van der Waals surface area contributed by atoms with Crippen molar-refractivity contribution in [1.29, 1.82) is 0 Å². The molecular weight excluding hydrogens is 294 g/mol. The number of rotatable bonds is 7. The maximum Gasteiger partial charge on any atom is 0.243 e. The molecule has 0 aliphatic carbocycles. The maximum absolute atomic E-state index is 11.7. The highest BCUT2D eigenvalue weighted by Gasteiger charge is 2.14. The molecule has 0 amide bonds. The average Bonchev–Trinajstić information content (AvgIpc) is 2.27. The third-order valence-electron chi connectivity index (χ3n) is 1.97. The summed E-state index contributed by atoms with van der Waals surface area (Å²) in [5.74, 6) is -0.0173. The monoisotopic (exact) mass is 309 g/mol. The van der Waals surface area contributed by atoms with Crippen LogP contribution < -0.4 is 15.2 Å². The van der Waals surface area contributed by atoms with E-state index >= 15 is 0 Å². The topological polar surface area (TPSA) is 144 Å². The van der Waals surface area contributed by atoms with Gasteiger partial charge in [0.2, 0.25) is 26.0 Å². The van der Waals surface area contributed by atoms with E-state index in [4.69, 9.17) is 5.73 Å². The van der Waals surface area contributed by atoms with Crippen LogP contribution in [0, 0.1) is 0 Å². The van der Waals surface area contributed by atoms with E-state index < -0.39 is 20.0 Å². The highest BCUT2D eigenvalue weighted by Crippen LogP contribution is 2.05. The van der Waals surface area contributed by atoms with Crippen LogP contribution in [-0.2, 0) is 20.0 Å². The van der Waals surface area contributed by atoms with E-state index in [2.05, 4.69) is 19.4 Å². The molecule has 1 rings (SSSR count). The highest BCUT2D eigenvalue weighted by atomic mass is 32.2. The Labute approximate surface area is 111 Å². The molecule has 0 unspecified atom stereocenters. The van der Waals surface area contributed by atoms with Crippen LogP contribution in [0.15, 0.2) is 17.3 Å². The summed E-state index contributed by atoms with van der Waals surface area (Å²) >= 11 is 0. The lowest BCUT2D eigenvalue weighted by Crippen LogP contribution is -2.29. The highest BCUT2D eigenvalue weighted by molar-refractivity contribution is 7.89. The minimum Gasteiger partial charge on any atom is -0.368 e.